The van der Waals surface area contributed by atoms with Crippen LogP contribution < -0.4 is 9.46 Å². The lowest BCUT2D eigenvalue weighted by atomic mass is 10.1. The van der Waals surface area contributed by atoms with Gasteiger partial charge in [-0.3, -0.25) is 0 Å². The molecular weight excluding hydrogens is 322 g/mol. The highest BCUT2D eigenvalue weighted by molar-refractivity contribution is 7.89. The van der Waals surface area contributed by atoms with E-state index in [-0.39, 0.29) is 11.5 Å². The number of terminal acetylenes is 1. The highest BCUT2D eigenvalue weighted by Gasteiger charge is 2.12. The number of hydrogen-bond donors (Lipinski definition) is 1. The van der Waals surface area contributed by atoms with Crippen molar-refractivity contribution >= 4 is 10.0 Å². The van der Waals surface area contributed by atoms with Gasteiger partial charge in [0.05, 0.1) is 4.90 Å². The van der Waals surface area contributed by atoms with E-state index in [1.807, 2.05) is 31.2 Å². The van der Waals surface area contributed by atoms with E-state index in [1.54, 1.807) is 24.3 Å². The van der Waals surface area contributed by atoms with E-state index in [4.69, 9.17) is 11.2 Å². The Hall–Kier alpha value is -2.29. The standard InChI is InChI=1S/C19H21NO3S/c1-3-5-14-20-24(21,22)19-12-8-17(9-13-19)16-6-10-18(11-7-16)23-15-4-2/h2,6-13,20H,3,5,14-15H2,1H3. The van der Waals surface area contributed by atoms with Gasteiger partial charge in [0.15, 0.2) is 0 Å². The number of benzene rings is 2. The molecule has 2 aromatic carbocycles. The van der Waals surface area contributed by atoms with Crippen molar-refractivity contribution in [2.75, 3.05) is 13.2 Å². The van der Waals surface area contributed by atoms with Gasteiger partial charge in [0.2, 0.25) is 10.0 Å². The molecule has 2 aromatic rings. The van der Waals surface area contributed by atoms with Gasteiger partial charge in [0, 0.05) is 6.54 Å². The van der Waals surface area contributed by atoms with Gasteiger partial charge in [-0.15, -0.1) is 6.42 Å². The van der Waals surface area contributed by atoms with Crippen molar-refractivity contribution in [3.05, 3.63) is 48.5 Å². The fourth-order valence-corrected chi connectivity index (χ4v) is 3.24. The second kappa shape index (κ2) is 8.53. The Kier molecular flexibility index (Phi) is 6.42. The normalized spacial score (nSPS) is 11.0. The predicted molar refractivity (Wildman–Crippen MR) is 96.3 cm³/mol. The fraction of sp³-hybridized carbons (Fsp3) is 0.263. The minimum Gasteiger partial charge on any atom is -0.481 e. The molecule has 0 amide bonds. The first-order valence-electron chi connectivity index (χ1n) is 7.83. The Labute approximate surface area is 143 Å². The maximum absolute atomic E-state index is 12.2. The molecule has 0 saturated heterocycles. The molecule has 0 saturated carbocycles. The Morgan fingerprint density at radius 1 is 1.04 bits per heavy atom. The summed E-state index contributed by atoms with van der Waals surface area (Å²) in [6, 6.07) is 14.3. The van der Waals surface area contributed by atoms with Crippen molar-refractivity contribution in [3.63, 3.8) is 0 Å². The first kappa shape index (κ1) is 18.1. The maximum Gasteiger partial charge on any atom is 0.240 e. The van der Waals surface area contributed by atoms with Crippen LogP contribution in [0.4, 0.5) is 0 Å². The van der Waals surface area contributed by atoms with Crippen molar-refractivity contribution < 1.29 is 13.2 Å². The SMILES string of the molecule is C#CCOc1ccc(-c2ccc(S(=O)(=O)NCCCC)cc2)cc1. The fourth-order valence-electron chi connectivity index (χ4n) is 2.16. The smallest absolute Gasteiger partial charge is 0.240 e. The monoisotopic (exact) mass is 343 g/mol. The average Bonchev–Trinajstić information content (AvgIpc) is 2.61. The molecule has 4 nitrogen and oxygen atoms in total. The van der Waals surface area contributed by atoms with E-state index in [9.17, 15) is 8.42 Å². The molecule has 0 bridgehead atoms. The highest BCUT2D eigenvalue weighted by atomic mass is 32.2. The number of sulfonamides is 1. The largest absolute Gasteiger partial charge is 0.481 e. The Morgan fingerprint density at radius 3 is 2.17 bits per heavy atom. The summed E-state index contributed by atoms with van der Waals surface area (Å²) in [5, 5.41) is 0. The van der Waals surface area contributed by atoms with Gasteiger partial charge in [-0.25, -0.2) is 13.1 Å². The van der Waals surface area contributed by atoms with Gasteiger partial charge >= 0.3 is 0 Å². The Bertz CT molecular complexity index is 788. The first-order valence-corrected chi connectivity index (χ1v) is 9.31. The van der Waals surface area contributed by atoms with E-state index in [2.05, 4.69) is 10.6 Å². The second-order valence-electron chi connectivity index (χ2n) is 5.29. The number of nitrogens with one attached hydrogen (secondary N) is 1. The third kappa shape index (κ3) is 4.85. The third-order valence-corrected chi connectivity index (χ3v) is 4.97. The minimum atomic E-state index is -3.44. The van der Waals surface area contributed by atoms with Crippen LogP contribution in [0.2, 0.25) is 0 Å². The van der Waals surface area contributed by atoms with Crippen LogP contribution in [-0.2, 0) is 10.0 Å². The van der Waals surface area contributed by atoms with Crippen LogP contribution in [0.3, 0.4) is 0 Å². The zero-order chi connectivity index (χ0) is 17.4. The van der Waals surface area contributed by atoms with E-state index >= 15 is 0 Å². The molecule has 0 aromatic heterocycles. The average molecular weight is 343 g/mol. The molecule has 0 spiro atoms. The van der Waals surface area contributed by atoms with E-state index in [0.717, 1.165) is 24.0 Å². The summed E-state index contributed by atoms with van der Waals surface area (Å²) in [4.78, 5) is 0.274. The molecule has 0 aliphatic heterocycles. The van der Waals surface area contributed by atoms with Crippen LogP contribution in [0, 0.1) is 12.3 Å². The molecule has 126 valence electrons. The summed E-state index contributed by atoms with van der Waals surface area (Å²) in [7, 11) is -3.44. The highest BCUT2D eigenvalue weighted by Crippen LogP contribution is 2.23. The summed E-state index contributed by atoms with van der Waals surface area (Å²) in [6.07, 6.45) is 6.93. The third-order valence-electron chi connectivity index (χ3n) is 3.50. The van der Waals surface area contributed by atoms with Gasteiger partial charge in [-0.2, -0.15) is 0 Å². The minimum absolute atomic E-state index is 0.233. The Balaban J connectivity index is 2.10. The predicted octanol–water partition coefficient (Wildman–Crippen LogP) is 3.44. The maximum atomic E-state index is 12.2. The van der Waals surface area contributed by atoms with Gasteiger partial charge in [0.1, 0.15) is 12.4 Å². The molecule has 0 aliphatic rings. The van der Waals surface area contributed by atoms with E-state index < -0.39 is 10.0 Å². The van der Waals surface area contributed by atoms with Crippen LogP contribution in [-0.4, -0.2) is 21.6 Å². The van der Waals surface area contributed by atoms with Crippen LogP contribution >= 0.6 is 0 Å². The summed E-state index contributed by atoms with van der Waals surface area (Å²) in [5.74, 6) is 3.12. The van der Waals surface area contributed by atoms with Crippen LogP contribution in [0.5, 0.6) is 5.75 Å². The number of unbranched alkanes of at least 4 members (excludes halogenated alkanes) is 1. The zero-order valence-corrected chi connectivity index (χ0v) is 14.5. The van der Waals surface area contributed by atoms with E-state index in [0.29, 0.717) is 12.3 Å². The van der Waals surface area contributed by atoms with Gasteiger partial charge < -0.3 is 4.74 Å². The summed E-state index contributed by atoms with van der Waals surface area (Å²) < 4.78 is 32.2. The molecule has 2 rings (SSSR count). The topological polar surface area (TPSA) is 55.4 Å². The molecule has 0 heterocycles. The van der Waals surface area contributed by atoms with Crippen LogP contribution in [0.15, 0.2) is 53.4 Å². The summed E-state index contributed by atoms with van der Waals surface area (Å²) in [5.41, 5.74) is 1.91. The van der Waals surface area contributed by atoms with Crippen molar-refractivity contribution in [2.24, 2.45) is 0 Å². The van der Waals surface area contributed by atoms with Crippen molar-refractivity contribution in [1.82, 2.24) is 4.72 Å². The number of hydrogen-bond acceptors (Lipinski definition) is 3. The van der Waals surface area contributed by atoms with E-state index in [1.165, 1.54) is 0 Å². The molecule has 0 radical (unpaired) electrons. The van der Waals surface area contributed by atoms with Crippen LogP contribution in [0.25, 0.3) is 11.1 Å². The molecular formula is C19H21NO3S. The second-order valence-corrected chi connectivity index (χ2v) is 7.06. The first-order chi connectivity index (χ1) is 11.6. The molecule has 1 N–H and O–H groups in total. The molecule has 24 heavy (non-hydrogen) atoms. The van der Waals surface area contributed by atoms with Crippen molar-refractivity contribution in [1.29, 1.82) is 0 Å². The quantitative estimate of drug-likeness (QED) is 0.590. The van der Waals surface area contributed by atoms with Gasteiger partial charge in [0.25, 0.3) is 0 Å². The van der Waals surface area contributed by atoms with Gasteiger partial charge in [-0.05, 0) is 41.8 Å². The van der Waals surface area contributed by atoms with Crippen LogP contribution in [0.1, 0.15) is 19.8 Å². The van der Waals surface area contributed by atoms with Crippen molar-refractivity contribution in [3.8, 4) is 29.2 Å². The lowest BCUT2D eigenvalue weighted by Gasteiger charge is -2.08. The number of rotatable bonds is 8. The molecule has 0 aliphatic carbocycles. The molecule has 0 unspecified atom stereocenters. The molecule has 0 fully saturated rings. The number of ether oxygens (including phenoxy) is 1. The molecule has 0 atom stereocenters. The van der Waals surface area contributed by atoms with Gasteiger partial charge in [-0.1, -0.05) is 43.5 Å². The zero-order valence-electron chi connectivity index (χ0n) is 13.7. The summed E-state index contributed by atoms with van der Waals surface area (Å²) >= 11 is 0. The molecule has 5 heteroatoms. The summed E-state index contributed by atoms with van der Waals surface area (Å²) in [6.45, 7) is 2.71. The van der Waals surface area contributed by atoms with Crippen molar-refractivity contribution in [2.45, 2.75) is 24.7 Å². The lowest BCUT2D eigenvalue weighted by molar-refractivity contribution is 0.370. The lowest BCUT2D eigenvalue weighted by Crippen LogP contribution is -2.24. The Morgan fingerprint density at radius 2 is 1.62 bits per heavy atom.